The molecule has 3 aromatic carbocycles. The van der Waals surface area contributed by atoms with E-state index in [1.807, 2.05) is 36.4 Å². The molecule has 0 saturated carbocycles. The number of halogens is 1. The summed E-state index contributed by atoms with van der Waals surface area (Å²) >= 11 is 6.09. The van der Waals surface area contributed by atoms with Crippen LogP contribution in [0.4, 0.5) is 0 Å². The van der Waals surface area contributed by atoms with Gasteiger partial charge in [0.25, 0.3) is 5.56 Å². The van der Waals surface area contributed by atoms with Gasteiger partial charge in [0.1, 0.15) is 0 Å². The SMILES string of the molecule is Cn1c(=O)c(CNCC(c2ccccc2)c2ccccc2)cc2ccc(Cl)cc21. The van der Waals surface area contributed by atoms with Crippen LogP contribution in [0.5, 0.6) is 0 Å². The number of hydrogen-bond acceptors (Lipinski definition) is 2. The summed E-state index contributed by atoms with van der Waals surface area (Å²) in [5.41, 5.74) is 4.11. The fourth-order valence-electron chi connectivity index (χ4n) is 3.78. The second-order valence-electron chi connectivity index (χ2n) is 7.24. The first-order valence-electron chi connectivity index (χ1n) is 9.72. The van der Waals surface area contributed by atoms with Crippen molar-refractivity contribution in [3.63, 3.8) is 0 Å². The fourth-order valence-corrected chi connectivity index (χ4v) is 3.95. The molecule has 0 aliphatic heterocycles. The monoisotopic (exact) mass is 402 g/mol. The minimum Gasteiger partial charge on any atom is -0.312 e. The Labute approximate surface area is 175 Å². The lowest BCUT2D eigenvalue weighted by molar-refractivity contribution is 0.630. The summed E-state index contributed by atoms with van der Waals surface area (Å²) in [5.74, 6) is 0.223. The van der Waals surface area contributed by atoms with E-state index in [1.165, 1.54) is 11.1 Å². The molecule has 0 fully saturated rings. The third kappa shape index (κ3) is 4.26. The summed E-state index contributed by atoms with van der Waals surface area (Å²) in [6, 6.07) is 28.5. The Morgan fingerprint density at radius 2 is 1.52 bits per heavy atom. The van der Waals surface area contributed by atoms with Gasteiger partial charge < -0.3 is 9.88 Å². The standard InChI is InChI=1S/C25H23ClN2O/c1-28-24-15-22(26)13-12-20(24)14-21(25(28)29)16-27-17-23(18-8-4-2-5-9-18)19-10-6-3-7-11-19/h2-15,23,27H,16-17H2,1H3. The summed E-state index contributed by atoms with van der Waals surface area (Å²) in [6.45, 7) is 1.26. The van der Waals surface area contributed by atoms with Crippen molar-refractivity contribution in [2.24, 2.45) is 7.05 Å². The van der Waals surface area contributed by atoms with E-state index in [9.17, 15) is 4.79 Å². The normalized spacial score (nSPS) is 11.3. The Morgan fingerprint density at radius 3 is 2.14 bits per heavy atom. The molecule has 0 aliphatic carbocycles. The number of fused-ring (bicyclic) bond motifs is 1. The van der Waals surface area contributed by atoms with E-state index in [2.05, 4.69) is 53.8 Å². The van der Waals surface area contributed by atoms with Crippen molar-refractivity contribution in [1.82, 2.24) is 9.88 Å². The van der Waals surface area contributed by atoms with E-state index < -0.39 is 0 Å². The Hall–Kier alpha value is -2.88. The van der Waals surface area contributed by atoms with Crippen molar-refractivity contribution in [2.45, 2.75) is 12.5 Å². The zero-order valence-corrected chi connectivity index (χ0v) is 17.1. The highest BCUT2D eigenvalue weighted by atomic mass is 35.5. The van der Waals surface area contributed by atoms with E-state index in [1.54, 1.807) is 11.6 Å². The minimum absolute atomic E-state index is 0.00300. The maximum absolute atomic E-state index is 12.8. The number of nitrogens with zero attached hydrogens (tertiary/aromatic N) is 1. The second kappa shape index (κ2) is 8.64. The van der Waals surface area contributed by atoms with Gasteiger partial charge in [-0.1, -0.05) is 78.3 Å². The number of aromatic nitrogens is 1. The molecule has 0 atom stereocenters. The van der Waals surface area contributed by atoms with E-state index in [-0.39, 0.29) is 11.5 Å². The molecule has 0 spiro atoms. The molecule has 1 N–H and O–H groups in total. The van der Waals surface area contributed by atoms with Crippen LogP contribution < -0.4 is 10.9 Å². The van der Waals surface area contributed by atoms with Crippen molar-refractivity contribution in [2.75, 3.05) is 6.54 Å². The maximum Gasteiger partial charge on any atom is 0.255 e. The zero-order chi connectivity index (χ0) is 20.2. The molecule has 4 rings (SSSR count). The van der Waals surface area contributed by atoms with Crippen LogP contribution in [0.2, 0.25) is 5.02 Å². The van der Waals surface area contributed by atoms with Gasteiger partial charge in [-0.15, -0.1) is 0 Å². The van der Waals surface area contributed by atoms with Crippen molar-refractivity contribution < 1.29 is 0 Å². The lowest BCUT2D eigenvalue weighted by Crippen LogP contribution is -2.28. The fraction of sp³-hybridized carbons (Fsp3) is 0.160. The lowest BCUT2D eigenvalue weighted by atomic mass is 9.91. The van der Waals surface area contributed by atoms with Crippen molar-refractivity contribution in [1.29, 1.82) is 0 Å². The van der Waals surface area contributed by atoms with E-state index in [0.717, 1.165) is 23.0 Å². The first-order valence-corrected chi connectivity index (χ1v) is 10.1. The van der Waals surface area contributed by atoms with E-state index in [0.29, 0.717) is 11.6 Å². The molecule has 0 radical (unpaired) electrons. The smallest absolute Gasteiger partial charge is 0.255 e. The number of nitrogens with one attached hydrogen (secondary N) is 1. The largest absolute Gasteiger partial charge is 0.312 e. The molecular formula is C25H23ClN2O. The summed E-state index contributed by atoms with van der Waals surface area (Å²) in [7, 11) is 1.79. The summed E-state index contributed by atoms with van der Waals surface area (Å²) in [6.07, 6.45) is 0. The molecule has 3 nitrogen and oxygen atoms in total. The molecular weight excluding hydrogens is 380 g/mol. The van der Waals surface area contributed by atoms with Crippen LogP contribution in [-0.2, 0) is 13.6 Å². The lowest BCUT2D eigenvalue weighted by Gasteiger charge is -2.19. The van der Waals surface area contributed by atoms with Gasteiger partial charge in [0, 0.05) is 36.6 Å². The molecule has 146 valence electrons. The van der Waals surface area contributed by atoms with Crippen LogP contribution in [0.1, 0.15) is 22.6 Å². The third-order valence-electron chi connectivity index (χ3n) is 5.33. The first kappa shape index (κ1) is 19.4. The first-order chi connectivity index (χ1) is 14.1. The van der Waals surface area contributed by atoms with Crippen molar-refractivity contribution in [3.05, 3.63) is 117 Å². The van der Waals surface area contributed by atoms with Gasteiger partial charge in [-0.2, -0.15) is 0 Å². The second-order valence-corrected chi connectivity index (χ2v) is 7.68. The highest BCUT2D eigenvalue weighted by Gasteiger charge is 2.14. The van der Waals surface area contributed by atoms with Crippen LogP contribution in [0.15, 0.2) is 89.7 Å². The number of hydrogen-bond donors (Lipinski definition) is 1. The maximum atomic E-state index is 12.8. The molecule has 4 heteroatoms. The van der Waals surface area contributed by atoms with E-state index >= 15 is 0 Å². The summed E-state index contributed by atoms with van der Waals surface area (Å²) in [4.78, 5) is 12.8. The van der Waals surface area contributed by atoms with Gasteiger partial charge in [-0.25, -0.2) is 0 Å². The Kier molecular flexibility index (Phi) is 5.79. The average Bonchev–Trinajstić information content (AvgIpc) is 2.76. The van der Waals surface area contributed by atoms with Gasteiger partial charge in [-0.3, -0.25) is 4.79 Å². The molecule has 29 heavy (non-hydrogen) atoms. The Morgan fingerprint density at radius 1 is 0.897 bits per heavy atom. The van der Waals surface area contributed by atoms with Crippen LogP contribution in [0.3, 0.4) is 0 Å². The number of aryl methyl sites for hydroxylation is 1. The third-order valence-corrected chi connectivity index (χ3v) is 5.57. The predicted octanol–water partition coefficient (Wildman–Crippen LogP) is 5.11. The van der Waals surface area contributed by atoms with E-state index in [4.69, 9.17) is 11.6 Å². The molecule has 1 heterocycles. The van der Waals surface area contributed by atoms with Crippen molar-refractivity contribution >= 4 is 22.5 Å². The van der Waals surface area contributed by atoms with Gasteiger partial charge >= 0.3 is 0 Å². The molecule has 0 unspecified atom stereocenters. The minimum atomic E-state index is 0.00300. The van der Waals surface area contributed by atoms with Crippen LogP contribution in [-0.4, -0.2) is 11.1 Å². The number of rotatable bonds is 6. The molecule has 0 aliphatic rings. The van der Waals surface area contributed by atoms with Gasteiger partial charge in [0.2, 0.25) is 0 Å². The molecule has 0 bridgehead atoms. The summed E-state index contributed by atoms with van der Waals surface area (Å²) in [5, 5.41) is 5.15. The Bertz CT molecular complexity index is 1130. The van der Waals surface area contributed by atoms with Crippen LogP contribution in [0.25, 0.3) is 10.9 Å². The number of pyridine rings is 1. The Balaban J connectivity index is 1.57. The van der Waals surface area contributed by atoms with Gasteiger partial charge in [-0.05, 0) is 34.7 Å². The number of benzene rings is 3. The molecule has 0 saturated heterocycles. The van der Waals surface area contributed by atoms with Gasteiger partial charge in [0.15, 0.2) is 0 Å². The van der Waals surface area contributed by atoms with Crippen LogP contribution in [0, 0.1) is 0 Å². The van der Waals surface area contributed by atoms with Crippen molar-refractivity contribution in [3.8, 4) is 0 Å². The molecule has 0 amide bonds. The average molecular weight is 403 g/mol. The quantitative estimate of drug-likeness (QED) is 0.486. The van der Waals surface area contributed by atoms with Crippen LogP contribution >= 0.6 is 11.6 Å². The highest BCUT2D eigenvalue weighted by molar-refractivity contribution is 6.31. The predicted molar refractivity (Wildman–Crippen MR) is 121 cm³/mol. The molecule has 1 aromatic heterocycles. The highest BCUT2D eigenvalue weighted by Crippen LogP contribution is 2.24. The van der Waals surface area contributed by atoms with Gasteiger partial charge in [0.05, 0.1) is 5.52 Å². The zero-order valence-electron chi connectivity index (χ0n) is 16.3. The topological polar surface area (TPSA) is 34.0 Å². The molecule has 4 aromatic rings. The summed E-state index contributed by atoms with van der Waals surface area (Å²) < 4.78 is 1.67.